The van der Waals surface area contributed by atoms with E-state index in [2.05, 4.69) is 21.2 Å². The van der Waals surface area contributed by atoms with Crippen LogP contribution in [0.5, 0.6) is 5.75 Å². The van der Waals surface area contributed by atoms with Crippen molar-refractivity contribution in [2.24, 2.45) is 0 Å². The number of hydrogen-bond acceptors (Lipinski definition) is 2. The van der Waals surface area contributed by atoms with Gasteiger partial charge in [-0.3, -0.25) is 0 Å². The molecule has 0 aliphatic rings. The maximum Gasteiger partial charge on any atom is 0.166 e. The van der Waals surface area contributed by atoms with E-state index in [9.17, 15) is 8.78 Å². The Kier molecular flexibility index (Phi) is 3.83. The highest BCUT2D eigenvalue weighted by molar-refractivity contribution is 9.10. The fourth-order valence-electron chi connectivity index (χ4n) is 1.18. The molecule has 2 nitrogen and oxygen atoms in total. The van der Waals surface area contributed by atoms with Crippen LogP contribution in [0.2, 0.25) is 0 Å². The summed E-state index contributed by atoms with van der Waals surface area (Å²) in [5, 5.41) is 2.75. The Bertz CT molecular complexity index is 344. The topological polar surface area (TPSA) is 21.3 Å². The molecule has 5 heteroatoms. The van der Waals surface area contributed by atoms with Crippen molar-refractivity contribution in [2.45, 2.75) is 6.54 Å². The van der Waals surface area contributed by atoms with E-state index in [4.69, 9.17) is 4.74 Å². The molecule has 78 valence electrons. The predicted molar refractivity (Wildman–Crippen MR) is 53.4 cm³/mol. The summed E-state index contributed by atoms with van der Waals surface area (Å²) >= 11 is 2.93. The average Bonchev–Trinajstić information content (AvgIpc) is 2.14. The van der Waals surface area contributed by atoms with E-state index >= 15 is 0 Å². The van der Waals surface area contributed by atoms with Crippen molar-refractivity contribution >= 4 is 15.9 Å². The third-order valence-corrected chi connectivity index (χ3v) is 2.35. The van der Waals surface area contributed by atoms with E-state index in [0.29, 0.717) is 0 Å². The van der Waals surface area contributed by atoms with Crippen LogP contribution in [0.15, 0.2) is 10.5 Å². The number of ether oxygens (including phenoxy) is 1. The summed E-state index contributed by atoms with van der Waals surface area (Å²) in [6.07, 6.45) is 0. The van der Waals surface area contributed by atoms with Crippen LogP contribution < -0.4 is 10.1 Å². The van der Waals surface area contributed by atoms with Gasteiger partial charge in [-0.15, -0.1) is 0 Å². The first-order valence-electron chi connectivity index (χ1n) is 3.96. The molecule has 0 saturated heterocycles. The summed E-state index contributed by atoms with van der Waals surface area (Å²) in [6, 6.07) is 1.05. The molecular formula is C9H10BrF2NO. The van der Waals surface area contributed by atoms with Gasteiger partial charge >= 0.3 is 0 Å². The van der Waals surface area contributed by atoms with Crippen LogP contribution in [0, 0.1) is 11.6 Å². The van der Waals surface area contributed by atoms with E-state index in [1.54, 1.807) is 7.05 Å². The van der Waals surface area contributed by atoms with Gasteiger partial charge in [-0.05, 0) is 29.0 Å². The Labute approximate surface area is 89.4 Å². The molecule has 0 bridgehead atoms. The summed E-state index contributed by atoms with van der Waals surface area (Å²) in [5.41, 5.74) is 0.182. The summed E-state index contributed by atoms with van der Waals surface area (Å²) in [4.78, 5) is 0. The van der Waals surface area contributed by atoms with Gasteiger partial charge in [0.2, 0.25) is 0 Å². The average molecular weight is 266 g/mol. The minimum Gasteiger partial charge on any atom is -0.493 e. The van der Waals surface area contributed by atoms with Gasteiger partial charge in [-0.2, -0.15) is 0 Å². The number of hydrogen-bond donors (Lipinski definition) is 1. The molecule has 14 heavy (non-hydrogen) atoms. The second kappa shape index (κ2) is 4.70. The number of rotatable bonds is 3. The second-order valence-corrected chi connectivity index (χ2v) is 3.55. The monoisotopic (exact) mass is 265 g/mol. The molecule has 1 aromatic carbocycles. The number of halogens is 3. The molecule has 0 aliphatic carbocycles. The van der Waals surface area contributed by atoms with Crippen molar-refractivity contribution in [1.82, 2.24) is 5.32 Å². The van der Waals surface area contributed by atoms with Gasteiger partial charge in [0.15, 0.2) is 11.6 Å². The number of benzene rings is 1. The molecule has 0 spiro atoms. The highest BCUT2D eigenvalue weighted by Crippen LogP contribution is 2.30. The van der Waals surface area contributed by atoms with Crippen molar-refractivity contribution in [3.05, 3.63) is 27.7 Å². The highest BCUT2D eigenvalue weighted by Gasteiger charge is 2.17. The molecule has 0 radical (unpaired) electrons. The van der Waals surface area contributed by atoms with E-state index in [1.807, 2.05) is 0 Å². The van der Waals surface area contributed by atoms with Gasteiger partial charge in [-0.25, -0.2) is 8.78 Å². The molecule has 0 amide bonds. The van der Waals surface area contributed by atoms with Crippen LogP contribution in [0.25, 0.3) is 0 Å². The lowest BCUT2D eigenvalue weighted by atomic mass is 10.2. The Balaban J connectivity index is 3.32. The van der Waals surface area contributed by atoms with Crippen molar-refractivity contribution in [3.63, 3.8) is 0 Å². The summed E-state index contributed by atoms with van der Waals surface area (Å²) in [7, 11) is 2.96. The molecule has 0 aromatic heterocycles. The van der Waals surface area contributed by atoms with Crippen LogP contribution in [0.4, 0.5) is 8.78 Å². The predicted octanol–water partition coefficient (Wildman–Crippen LogP) is 2.46. The zero-order chi connectivity index (χ0) is 10.7. The van der Waals surface area contributed by atoms with Crippen LogP contribution in [-0.4, -0.2) is 14.2 Å². The molecule has 0 unspecified atom stereocenters. The first kappa shape index (κ1) is 11.4. The van der Waals surface area contributed by atoms with Crippen LogP contribution >= 0.6 is 15.9 Å². The van der Waals surface area contributed by atoms with E-state index < -0.39 is 11.6 Å². The van der Waals surface area contributed by atoms with E-state index in [0.717, 1.165) is 6.07 Å². The minimum absolute atomic E-state index is 0.0555. The van der Waals surface area contributed by atoms with E-state index in [-0.39, 0.29) is 22.3 Å². The van der Waals surface area contributed by atoms with Crippen LogP contribution in [-0.2, 0) is 6.54 Å². The quantitative estimate of drug-likeness (QED) is 0.848. The van der Waals surface area contributed by atoms with Gasteiger partial charge in [-0.1, -0.05) is 0 Å². The number of nitrogens with one attached hydrogen (secondary N) is 1. The lowest BCUT2D eigenvalue weighted by molar-refractivity contribution is 0.374. The molecule has 1 N–H and O–H groups in total. The normalized spacial score (nSPS) is 10.4. The molecule has 0 heterocycles. The minimum atomic E-state index is -0.578. The lowest BCUT2D eigenvalue weighted by Crippen LogP contribution is -2.10. The fraction of sp³-hybridized carbons (Fsp3) is 0.333. The Morgan fingerprint density at radius 3 is 2.64 bits per heavy atom. The Morgan fingerprint density at radius 2 is 2.14 bits per heavy atom. The van der Waals surface area contributed by atoms with Gasteiger partial charge < -0.3 is 10.1 Å². The zero-order valence-electron chi connectivity index (χ0n) is 7.83. The molecule has 1 rings (SSSR count). The fourth-order valence-corrected chi connectivity index (χ4v) is 1.62. The largest absolute Gasteiger partial charge is 0.493 e. The van der Waals surface area contributed by atoms with Crippen molar-refractivity contribution in [2.75, 3.05) is 14.2 Å². The maximum atomic E-state index is 13.5. The summed E-state index contributed by atoms with van der Waals surface area (Å²) < 4.78 is 31.6. The Hall–Kier alpha value is -0.680. The smallest absolute Gasteiger partial charge is 0.166 e. The highest BCUT2D eigenvalue weighted by atomic mass is 79.9. The third-order valence-electron chi connectivity index (χ3n) is 1.78. The maximum absolute atomic E-state index is 13.5. The molecule has 0 aliphatic heterocycles. The van der Waals surface area contributed by atoms with Crippen LogP contribution in [0.1, 0.15) is 5.56 Å². The standard InChI is InChI=1S/C9H10BrF2NO/c1-13-4-5-8(12)6(10)3-7(11)9(5)14-2/h3,13H,4H2,1-2H3. The molecular weight excluding hydrogens is 256 g/mol. The van der Waals surface area contributed by atoms with Gasteiger partial charge in [0, 0.05) is 12.1 Å². The first-order valence-corrected chi connectivity index (χ1v) is 4.76. The second-order valence-electron chi connectivity index (χ2n) is 2.70. The first-order chi connectivity index (χ1) is 6.61. The Morgan fingerprint density at radius 1 is 1.50 bits per heavy atom. The SMILES string of the molecule is CNCc1c(F)c(Br)cc(F)c1OC. The van der Waals surface area contributed by atoms with E-state index in [1.165, 1.54) is 7.11 Å². The van der Waals surface area contributed by atoms with Gasteiger partial charge in [0.1, 0.15) is 5.82 Å². The van der Waals surface area contributed by atoms with Gasteiger partial charge in [0.25, 0.3) is 0 Å². The molecule has 0 atom stereocenters. The number of methoxy groups -OCH3 is 1. The summed E-state index contributed by atoms with van der Waals surface area (Å²) in [6.45, 7) is 0.214. The summed E-state index contributed by atoms with van der Waals surface area (Å²) in [5.74, 6) is -1.14. The van der Waals surface area contributed by atoms with Crippen LogP contribution in [0.3, 0.4) is 0 Å². The molecule has 1 aromatic rings. The van der Waals surface area contributed by atoms with Crippen molar-refractivity contribution in [1.29, 1.82) is 0 Å². The molecule has 0 fully saturated rings. The van der Waals surface area contributed by atoms with Crippen molar-refractivity contribution in [3.8, 4) is 5.75 Å². The van der Waals surface area contributed by atoms with Crippen molar-refractivity contribution < 1.29 is 13.5 Å². The molecule has 0 saturated carbocycles. The van der Waals surface area contributed by atoms with Gasteiger partial charge in [0.05, 0.1) is 11.6 Å². The lowest BCUT2D eigenvalue weighted by Gasteiger charge is -2.11. The zero-order valence-corrected chi connectivity index (χ0v) is 9.41. The third kappa shape index (κ3) is 2.04.